The van der Waals surface area contributed by atoms with E-state index in [0.29, 0.717) is 73.7 Å². The first kappa shape index (κ1) is 34.8. The van der Waals surface area contributed by atoms with Crippen LogP contribution in [0.25, 0.3) is 11.1 Å². The molecule has 3 atom stereocenters. The second-order valence-corrected chi connectivity index (χ2v) is 13.6. The first-order valence-corrected chi connectivity index (χ1v) is 18.2. The highest BCUT2D eigenvalue weighted by molar-refractivity contribution is 5.67. The molecule has 270 valence electrons. The molecule has 15 nitrogen and oxygen atoms in total. The van der Waals surface area contributed by atoms with Crippen molar-refractivity contribution in [3.05, 3.63) is 48.7 Å². The van der Waals surface area contributed by atoms with Crippen LogP contribution in [0.4, 0.5) is 11.6 Å². The third kappa shape index (κ3) is 8.46. The number of morpholine rings is 1. The van der Waals surface area contributed by atoms with Crippen LogP contribution < -0.4 is 14.8 Å². The smallest absolute Gasteiger partial charge is 0.256 e. The number of hydrogen-bond donors (Lipinski definition) is 1. The Morgan fingerprint density at radius 3 is 2.51 bits per heavy atom. The van der Waals surface area contributed by atoms with E-state index in [0.717, 1.165) is 62.1 Å². The Labute approximate surface area is 298 Å². The Bertz CT molecular complexity index is 1710. The molecule has 1 N–H and O–H groups in total. The molecule has 15 heteroatoms. The summed E-state index contributed by atoms with van der Waals surface area (Å²) in [5.41, 5.74) is 2.78. The van der Waals surface area contributed by atoms with E-state index < -0.39 is 0 Å². The van der Waals surface area contributed by atoms with Crippen LogP contribution in [0.3, 0.4) is 0 Å². The number of ether oxygens (including phenoxy) is 4. The van der Waals surface area contributed by atoms with Gasteiger partial charge in [-0.1, -0.05) is 12.5 Å². The highest BCUT2D eigenvalue weighted by atomic mass is 16.5. The van der Waals surface area contributed by atoms with E-state index in [2.05, 4.69) is 46.5 Å². The quantitative estimate of drug-likeness (QED) is 0.166. The lowest BCUT2D eigenvalue weighted by Gasteiger charge is -2.51. The molecule has 3 aliphatic rings. The van der Waals surface area contributed by atoms with Gasteiger partial charge in [-0.3, -0.25) is 9.58 Å². The molecular formula is C36H47N11O4. The lowest BCUT2D eigenvalue weighted by atomic mass is 9.85. The molecule has 0 unspecified atom stereocenters. The molecule has 7 rings (SSSR count). The van der Waals surface area contributed by atoms with Crippen LogP contribution >= 0.6 is 0 Å². The standard InChI is InChI=1S/C36H47N11O4/c1-3-48-14-5-15-50-35-33(21-46(42-35)29-10-12-30(13-11-29)47-31-6-4-7-32(47)23-49-22-31)41-36-38-18-28(19-39-36)26-8-9-27(17-37)34(16-26)51-25(2)20-45-24-40-43-44-45/h8-9,16,18-19,21,24-25,29-32H,3-7,10-15,20,22-23H2,1-2H3,(H,38,39,41)/t25-,29?,30?,31+,32+/m0/s1. The van der Waals surface area contributed by atoms with Crippen molar-refractivity contribution in [2.45, 2.75) is 102 Å². The van der Waals surface area contributed by atoms with E-state index in [4.69, 9.17) is 24.0 Å². The van der Waals surface area contributed by atoms with E-state index in [-0.39, 0.29) is 6.10 Å². The maximum absolute atomic E-state index is 9.69. The number of anilines is 2. The molecule has 2 saturated heterocycles. The number of fused-ring (bicyclic) bond motifs is 2. The maximum Gasteiger partial charge on any atom is 0.256 e. The minimum Gasteiger partial charge on any atom is -0.487 e. The Morgan fingerprint density at radius 2 is 1.78 bits per heavy atom. The Balaban J connectivity index is 1.02. The number of nitriles is 1. The van der Waals surface area contributed by atoms with Gasteiger partial charge in [0.1, 0.15) is 29.9 Å². The van der Waals surface area contributed by atoms with E-state index in [9.17, 15) is 5.26 Å². The summed E-state index contributed by atoms with van der Waals surface area (Å²) < 4.78 is 27.4. The zero-order valence-electron chi connectivity index (χ0n) is 29.4. The van der Waals surface area contributed by atoms with Crippen molar-refractivity contribution in [3.63, 3.8) is 0 Å². The fourth-order valence-electron chi connectivity index (χ4n) is 7.65. The summed E-state index contributed by atoms with van der Waals surface area (Å²) in [7, 11) is 0. The lowest BCUT2D eigenvalue weighted by Crippen LogP contribution is -2.59. The number of nitrogens with one attached hydrogen (secondary N) is 1. The van der Waals surface area contributed by atoms with Gasteiger partial charge in [0.15, 0.2) is 0 Å². The summed E-state index contributed by atoms with van der Waals surface area (Å²) >= 11 is 0. The average molecular weight is 698 g/mol. The first-order valence-electron chi connectivity index (χ1n) is 18.2. The van der Waals surface area contributed by atoms with Crippen molar-refractivity contribution in [1.29, 1.82) is 5.26 Å². The number of aromatic nitrogens is 8. The Kier molecular flexibility index (Phi) is 11.3. The second kappa shape index (κ2) is 16.6. The largest absolute Gasteiger partial charge is 0.487 e. The topological polar surface area (TPSA) is 163 Å². The van der Waals surface area contributed by atoms with Gasteiger partial charge < -0.3 is 24.3 Å². The van der Waals surface area contributed by atoms with Crippen molar-refractivity contribution in [3.8, 4) is 28.8 Å². The molecule has 1 aliphatic carbocycles. The molecular weight excluding hydrogens is 650 g/mol. The van der Waals surface area contributed by atoms with Gasteiger partial charge in [0, 0.05) is 55.7 Å². The second-order valence-electron chi connectivity index (χ2n) is 13.6. The van der Waals surface area contributed by atoms with Crippen molar-refractivity contribution >= 4 is 11.6 Å². The molecule has 51 heavy (non-hydrogen) atoms. The van der Waals surface area contributed by atoms with E-state index in [1.165, 1.54) is 25.6 Å². The van der Waals surface area contributed by atoms with Crippen LogP contribution in [0, 0.1) is 11.3 Å². The highest BCUT2D eigenvalue weighted by Gasteiger charge is 2.40. The van der Waals surface area contributed by atoms with Gasteiger partial charge in [-0.05, 0) is 80.5 Å². The number of rotatable bonds is 15. The number of nitrogens with zero attached hydrogens (tertiary/aromatic N) is 10. The van der Waals surface area contributed by atoms with Crippen molar-refractivity contribution in [1.82, 2.24) is 44.9 Å². The van der Waals surface area contributed by atoms with E-state index in [1.54, 1.807) is 23.1 Å². The van der Waals surface area contributed by atoms with Crippen molar-refractivity contribution in [2.24, 2.45) is 0 Å². The molecule has 4 aromatic rings. The summed E-state index contributed by atoms with van der Waals surface area (Å²) in [6, 6.07) is 9.72. The third-order valence-electron chi connectivity index (χ3n) is 10.1. The van der Waals surface area contributed by atoms with Gasteiger partial charge in [-0.15, -0.1) is 10.2 Å². The SMILES string of the molecule is CCOCCCOc1nn(C2CCC(N3[C@@H]4CCC[C@@H]3COC4)CC2)cc1Nc1ncc(-c2ccc(C#N)c(O[C@@H](C)Cn3cnnn3)c2)cn1. The van der Waals surface area contributed by atoms with Crippen LogP contribution in [0.2, 0.25) is 0 Å². The van der Waals surface area contributed by atoms with Crippen LogP contribution in [-0.2, 0) is 16.0 Å². The minimum atomic E-state index is -0.269. The predicted molar refractivity (Wildman–Crippen MR) is 188 cm³/mol. The average Bonchev–Trinajstić information content (AvgIpc) is 3.81. The van der Waals surface area contributed by atoms with Crippen molar-refractivity contribution < 1.29 is 18.9 Å². The molecule has 2 aliphatic heterocycles. The van der Waals surface area contributed by atoms with Gasteiger partial charge >= 0.3 is 0 Å². The molecule has 0 radical (unpaired) electrons. The summed E-state index contributed by atoms with van der Waals surface area (Å²) in [5, 5.41) is 29.2. The molecule has 3 aromatic heterocycles. The Morgan fingerprint density at radius 1 is 1.00 bits per heavy atom. The van der Waals surface area contributed by atoms with E-state index in [1.807, 2.05) is 32.2 Å². The summed E-state index contributed by atoms with van der Waals surface area (Å²) in [6.07, 6.45) is 15.9. The van der Waals surface area contributed by atoms with E-state index >= 15 is 0 Å². The summed E-state index contributed by atoms with van der Waals surface area (Å²) in [4.78, 5) is 12.1. The van der Waals surface area contributed by atoms with Crippen LogP contribution in [0.15, 0.2) is 43.1 Å². The van der Waals surface area contributed by atoms with Gasteiger partial charge in [-0.2, -0.15) is 5.26 Å². The highest BCUT2D eigenvalue weighted by Crippen LogP contribution is 2.39. The molecule has 5 heterocycles. The van der Waals surface area contributed by atoms with Crippen LogP contribution in [0.5, 0.6) is 11.6 Å². The van der Waals surface area contributed by atoms with Crippen molar-refractivity contribution in [2.75, 3.05) is 38.4 Å². The molecule has 0 spiro atoms. The maximum atomic E-state index is 9.69. The molecule has 2 bridgehead atoms. The first-order chi connectivity index (χ1) is 25.1. The molecule has 1 saturated carbocycles. The third-order valence-corrected chi connectivity index (χ3v) is 10.1. The van der Waals surface area contributed by atoms with Gasteiger partial charge in [0.2, 0.25) is 5.95 Å². The zero-order chi connectivity index (χ0) is 35.0. The molecule has 0 amide bonds. The number of piperidine rings is 1. The summed E-state index contributed by atoms with van der Waals surface area (Å²) in [5.74, 6) is 1.44. The van der Waals surface area contributed by atoms with Gasteiger partial charge in [-0.25, -0.2) is 14.6 Å². The fraction of sp³-hybridized carbons (Fsp3) is 0.583. The number of tetrazole rings is 1. The summed E-state index contributed by atoms with van der Waals surface area (Å²) in [6.45, 7) is 7.91. The van der Waals surface area contributed by atoms with Gasteiger partial charge in [0.25, 0.3) is 5.88 Å². The minimum absolute atomic E-state index is 0.269. The number of benzene rings is 1. The van der Waals surface area contributed by atoms with Crippen LogP contribution in [0.1, 0.15) is 76.8 Å². The molecule has 1 aromatic carbocycles. The Hall–Kier alpha value is -4.65. The lowest BCUT2D eigenvalue weighted by molar-refractivity contribution is -0.100. The number of hydrogen-bond acceptors (Lipinski definition) is 13. The van der Waals surface area contributed by atoms with Crippen LogP contribution in [-0.4, -0.2) is 102 Å². The molecule has 3 fully saturated rings. The van der Waals surface area contributed by atoms with Gasteiger partial charge in [0.05, 0.1) is 44.2 Å². The monoisotopic (exact) mass is 697 g/mol. The normalized spacial score (nSPS) is 22.6. The fourth-order valence-corrected chi connectivity index (χ4v) is 7.65. The zero-order valence-corrected chi connectivity index (χ0v) is 29.4. The predicted octanol–water partition coefficient (Wildman–Crippen LogP) is 4.95.